The van der Waals surface area contributed by atoms with E-state index in [1.54, 1.807) is 42.5 Å². The number of amides is 1. The number of halogens is 1. The summed E-state index contributed by atoms with van der Waals surface area (Å²) in [4.78, 5) is 12.8. The van der Waals surface area contributed by atoms with Crippen molar-refractivity contribution in [2.75, 3.05) is 16.2 Å². The second-order valence-corrected chi connectivity index (χ2v) is 8.42. The summed E-state index contributed by atoms with van der Waals surface area (Å²) >= 11 is 5.97. The van der Waals surface area contributed by atoms with E-state index in [0.717, 1.165) is 15.3 Å². The second kappa shape index (κ2) is 6.00. The van der Waals surface area contributed by atoms with Gasteiger partial charge >= 0.3 is 0 Å². The summed E-state index contributed by atoms with van der Waals surface area (Å²) in [6.07, 6.45) is 0. The Kier molecular flexibility index (Phi) is 3.89. The molecule has 0 atom stereocenters. The Morgan fingerprint density at radius 2 is 1.85 bits per heavy atom. The van der Waals surface area contributed by atoms with Gasteiger partial charge in [-0.05, 0) is 42.1 Å². The molecule has 3 aromatic rings. The maximum Gasteiger partial charge on any atom is 0.265 e. The lowest BCUT2D eigenvalue weighted by atomic mass is 10.1. The number of sulfonamides is 1. The number of aryl methyl sites for hydroxylation is 1. The number of hydrogen-bond donors (Lipinski definition) is 1. The minimum Gasteiger partial charge on any atom is -0.324 e. The molecule has 0 bridgehead atoms. The van der Waals surface area contributed by atoms with Crippen LogP contribution in [0.1, 0.15) is 5.56 Å². The van der Waals surface area contributed by atoms with E-state index in [4.69, 9.17) is 11.6 Å². The van der Waals surface area contributed by atoms with Gasteiger partial charge < -0.3 is 5.32 Å². The van der Waals surface area contributed by atoms with Crippen molar-refractivity contribution in [1.29, 1.82) is 0 Å². The van der Waals surface area contributed by atoms with E-state index in [9.17, 15) is 13.2 Å². The number of hydrogen-bond acceptors (Lipinski definition) is 3. The first-order chi connectivity index (χ1) is 12.4. The molecule has 1 amide bonds. The van der Waals surface area contributed by atoms with E-state index in [2.05, 4.69) is 5.32 Å². The Morgan fingerprint density at radius 1 is 1.12 bits per heavy atom. The van der Waals surface area contributed by atoms with Gasteiger partial charge in [-0.1, -0.05) is 41.9 Å². The van der Waals surface area contributed by atoms with E-state index in [-0.39, 0.29) is 11.4 Å². The van der Waals surface area contributed by atoms with E-state index < -0.39 is 15.9 Å². The van der Waals surface area contributed by atoms with E-state index >= 15 is 0 Å². The molecule has 0 aromatic heterocycles. The quantitative estimate of drug-likeness (QED) is 0.741. The van der Waals surface area contributed by atoms with Crippen LogP contribution >= 0.6 is 11.6 Å². The topological polar surface area (TPSA) is 66.5 Å². The molecular weight excluding hydrogens is 372 g/mol. The molecule has 1 heterocycles. The van der Waals surface area contributed by atoms with Gasteiger partial charge in [0.15, 0.2) is 0 Å². The highest BCUT2D eigenvalue weighted by molar-refractivity contribution is 7.93. The second-order valence-electron chi connectivity index (χ2n) is 6.15. The lowest BCUT2D eigenvalue weighted by Crippen LogP contribution is -2.35. The normalized spacial score (nSPS) is 14.6. The minimum absolute atomic E-state index is 0.234. The molecule has 0 aliphatic carbocycles. The Labute approximate surface area is 156 Å². The highest BCUT2D eigenvalue weighted by Crippen LogP contribution is 2.41. The van der Waals surface area contributed by atoms with Crippen LogP contribution < -0.4 is 9.62 Å². The molecule has 26 heavy (non-hydrogen) atoms. The average Bonchev–Trinajstić information content (AvgIpc) is 2.82. The van der Waals surface area contributed by atoms with Crippen LogP contribution in [0.5, 0.6) is 0 Å². The molecule has 1 aliphatic heterocycles. The maximum atomic E-state index is 12.9. The molecule has 0 saturated heterocycles. The van der Waals surface area contributed by atoms with Gasteiger partial charge in [-0.2, -0.15) is 0 Å². The molecule has 0 fully saturated rings. The predicted molar refractivity (Wildman–Crippen MR) is 103 cm³/mol. The van der Waals surface area contributed by atoms with Gasteiger partial charge in [-0.25, -0.2) is 8.42 Å². The Balaban J connectivity index is 1.68. The van der Waals surface area contributed by atoms with Crippen molar-refractivity contribution in [3.63, 3.8) is 0 Å². The molecule has 0 spiro atoms. The maximum absolute atomic E-state index is 12.9. The summed E-state index contributed by atoms with van der Waals surface area (Å²) < 4.78 is 27.0. The van der Waals surface area contributed by atoms with Gasteiger partial charge in [0.1, 0.15) is 6.54 Å². The van der Waals surface area contributed by atoms with Crippen LogP contribution in [0.3, 0.4) is 0 Å². The van der Waals surface area contributed by atoms with Crippen LogP contribution in [0, 0.1) is 6.92 Å². The van der Waals surface area contributed by atoms with Crippen molar-refractivity contribution in [3.8, 4) is 0 Å². The van der Waals surface area contributed by atoms with Crippen molar-refractivity contribution in [3.05, 3.63) is 65.2 Å². The summed E-state index contributed by atoms with van der Waals surface area (Å²) in [6.45, 7) is 1.54. The van der Waals surface area contributed by atoms with Crippen molar-refractivity contribution < 1.29 is 13.2 Å². The number of anilines is 2. The van der Waals surface area contributed by atoms with Gasteiger partial charge in [0, 0.05) is 16.1 Å². The SMILES string of the molecule is Cc1ccc(Cl)cc1NC(=O)CN1c2cccc3cccc(c23)S1(=O)=O. The molecule has 0 unspecified atom stereocenters. The first-order valence-electron chi connectivity index (χ1n) is 7.98. The lowest BCUT2D eigenvalue weighted by molar-refractivity contribution is -0.114. The molecule has 132 valence electrons. The van der Waals surface area contributed by atoms with Crippen LogP contribution in [0.2, 0.25) is 5.02 Å². The first kappa shape index (κ1) is 16.9. The number of benzene rings is 3. The van der Waals surface area contributed by atoms with Gasteiger partial charge in [-0.3, -0.25) is 9.10 Å². The average molecular weight is 387 g/mol. The fourth-order valence-corrected chi connectivity index (χ4v) is 5.02. The van der Waals surface area contributed by atoms with Crippen molar-refractivity contribution in [2.45, 2.75) is 11.8 Å². The smallest absolute Gasteiger partial charge is 0.265 e. The molecule has 5 nitrogen and oxygen atoms in total. The van der Waals surface area contributed by atoms with Crippen LogP contribution in [0.25, 0.3) is 10.8 Å². The third-order valence-corrected chi connectivity index (χ3v) is 6.48. The van der Waals surface area contributed by atoms with Crippen LogP contribution in [0.4, 0.5) is 11.4 Å². The Morgan fingerprint density at radius 3 is 2.62 bits per heavy atom. The van der Waals surface area contributed by atoms with Crippen LogP contribution in [0.15, 0.2) is 59.5 Å². The summed E-state index contributed by atoms with van der Waals surface area (Å²) in [6, 6.07) is 15.7. The standard InChI is InChI=1S/C19H15ClN2O3S/c1-12-8-9-14(20)10-15(12)21-18(23)11-22-16-6-2-4-13-5-3-7-17(19(13)16)26(22,24)25/h2-10H,11H2,1H3,(H,21,23). The summed E-state index contributed by atoms with van der Waals surface area (Å²) in [5.41, 5.74) is 1.93. The van der Waals surface area contributed by atoms with E-state index in [1.807, 2.05) is 19.1 Å². The molecular formula is C19H15ClN2O3S. The molecule has 3 aromatic carbocycles. The molecule has 0 saturated carbocycles. The molecule has 0 radical (unpaired) electrons. The van der Waals surface area contributed by atoms with Crippen LogP contribution in [-0.4, -0.2) is 20.9 Å². The van der Waals surface area contributed by atoms with E-state index in [0.29, 0.717) is 21.8 Å². The van der Waals surface area contributed by atoms with Gasteiger partial charge in [0.05, 0.1) is 10.6 Å². The third kappa shape index (κ3) is 2.62. The molecule has 1 aliphatic rings. The molecule has 1 N–H and O–H groups in total. The van der Waals surface area contributed by atoms with E-state index in [1.165, 1.54) is 0 Å². The van der Waals surface area contributed by atoms with Gasteiger partial charge in [0.2, 0.25) is 5.91 Å². The fourth-order valence-electron chi connectivity index (χ4n) is 3.18. The van der Waals surface area contributed by atoms with Crippen molar-refractivity contribution in [1.82, 2.24) is 0 Å². The zero-order chi connectivity index (χ0) is 18.5. The minimum atomic E-state index is -3.76. The van der Waals surface area contributed by atoms with Crippen molar-refractivity contribution in [2.24, 2.45) is 0 Å². The van der Waals surface area contributed by atoms with Gasteiger partial charge in [0.25, 0.3) is 10.0 Å². The zero-order valence-electron chi connectivity index (χ0n) is 13.9. The lowest BCUT2D eigenvalue weighted by Gasteiger charge is -2.18. The Bertz CT molecular complexity index is 1150. The summed E-state index contributed by atoms with van der Waals surface area (Å²) in [7, 11) is -3.76. The summed E-state index contributed by atoms with van der Waals surface area (Å²) in [5.74, 6) is -0.427. The monoisotopic (exact) mass is 386 g/mol. The zero-order valence-corrected chi connectivity index (χ0v) is 15.4. The van der Waals surface area contributed by atoms with Gasteiger partial charge in [-0.15, -0.1) is 0 Å². The Hall–Kier alpha value is -2.57. The number of carbonyl (C=O) groups excluding carboxylic acids is 1. The van der Waals surface area contributed by atoms with Crippen LogP contribution in [-0.2, 0) is 14.8 Å². The predicted octanol–water partition coefficient (Wildman–Crippen LogP) is 3.95. The number of nitrogens with zero attached hydrogens (tertiary/aromatic N) is 1. The molecule has 7 heteroatoms. The van der Waals surface area contributed by atoms with Crippen molar-refractivity contribution >= 4 is 49.7 Å². The number of nitrogens with one attached hydrogen (secondary N) is 1. The fraction of sp³-hybridized carbons (Fsp3) is 0.105. The number of rotatable bonds is 3. The highest BCUT2D eigenvalue weighted by Gasteiger charge is 2.36. The largest absolute Gasteiger partial charge is 0.324 e. The third-order valence-electron chi connectivity index (χ3n) is 4.44. The first-order valence-corrected chi connectivity index (χ1v) is 9.80. The number of carbonyl (C=O) groups is 1. The highest BCUT2D eigenvalue weighted by atomic mass is 35.5. The molecule has 4 rings (SSSR count). The summed E-state index contributed by atoms with van der Waals surface area (Å²) in [5, 5.41) is 4.73.